The molecule has 0 radical (unpaired) electrons. The summed E-state index contributed by atoms with van der Waals surface area (Å²) in [5.41, 5.74) is 3.52. The molecule has 0 amide bonds. The molecule has 144 valence electrons. The Hall–Kier alpha value is -1.98. The zero-order valence-electron chi connectivity index (χ0n) is 16.2. The van der Waals surface area contributed by atoms with E-state index in [1.165, 1.54) is 11.1 Å². The molecule has 2 aromatic rings. The summed E-state index contributed by atoms with van der Waals surface area (Å²) in [5.74, 6) is 0.821. The average molecular weight is 384 g/mol. The maximum atomic E-state index is 5.56. The van der Waals surface area contributed by atoms with Crippen molar-refractivity contribution in [2.24, 2.45) is 4.99 Å². The Morgan fingerprint density at radius 3 is 2.44 bits per heavy atom. The smallest absolute Gasteiger partial charge is 0.196 e. The van der Waals surface area contributed by atoms with Gasteiger partial charge in [0.15, 0.2) is 5.96 Å². The van der Waals surface area contributed by atoms with Crippen molar-refractivity contribution in [3.63, 3.8) is 0 Å². The first-order chi connectivity index (χ1) is 13.2. The number of ether oxygens (including phenoxy) is 1. The molecule has 2 aromatic carbocycles. The molecule has 4 nitrogen and oxygen atoms in total. The lowest BCUT2D eigenvalue weighted by molar-refractivity contribution is 0.0783. The van der Waals surface area contributed by atoms with E-state index in [1.807, 2.05) is 30.0 Å². The number of nitrogens with one attached hydrogen (secondary N) is 2. The Morgan fingerprint density at radius 2 is 1.78 bits per heavy atom. The van der Waals surface area contributed by atoms with Crippen LogP contribution in [0.1, 0.15) is 24.0 Å². The number of hydrogen-bond donors (Lipinski definition) is 2. The summed E-state index contributed by atoms with van der Waals surface area (Å²) in [4.78, 5) is 4.82. The van der Waals surface area contributed by atoms with Crippen LogP contribution in [0.2, 0.25) is 0 Å². The average Bonchev–Trinajstić information content (AvgIpc) is 2.72. The molecule has 2 N–H and O–H groups in total. The van der Waals surface area contributed by atoms with Crippen LogP contribution >= 0.6 is 11.8 Å². The zero-order valence-corrected chi connectivity index (χ0v) is 17.0. The van der Waals surface area contributed by atoms with E-state index < -0.39 is 0 Å². The van der Waals surface area contributed by atoms with E-state index in [-0.39, 0.29) is 4.75 Å². The molecule has 0 unspecified atom stereocenters. The van der Waals surface area contributed by atoms with Crippen LogP contribution in [0.4, 0.5) is 5.69 Å². The van der Waals surface area contributed by atoms with Crippen LogP contribution in [-0.2, 0) is 11.3 Å². The van der Waals surface area contributed by atoms with Crippen molar-refractivity contribution < 1.29 is 4.74 Å². The van der Waals surface area contributed by atoms with Crippen LogP contribution in [0.25, 0.3) is 0 Å². The van der Waals surface area contributed by atoms with Crippen LogP contribution < -0.4 is 10.6 Å². The molecule has 3 rings (SSSR count). The highest BCUT2D eigenvalue weighted by Crippen LogP contribution is 2.33. The van der Waals surface area contributed by atoms with Crippen molar-refractivity contribution in [3.8, 4) is 0 Å². The maximum absolute atomic E-state index is 5.56. The molecule has 0 aromatic heterocycles. The van der Waals surface area contributed by atoms with Gasteiger partial charge in [0.05, 0.1) is 6.54 Å². The van der Waals surface area contributed by atoms with E-state index in [4.69, 9.17) is 9.73 Å². The number of anilines is 1. The summed E-state index contributed by atoms with van der Waals surface area (Å²) in [6.07, 6.45) is 4.33. The number of para-hydroxylation sites is 1. The molecule has 0 spiro atoms. The molecular weight excluding hydrogens is 354 g/mol. The monoisotopic (exact) mass is 383 g/mol. The molecule has 5 heteroatoms. The Kier molecular flexibility index (Phi) is 7.18. The van der Waals surface area contributed by atoms with Crippen molar-refractivity contribution in [1.82, 2.24) is 5.32 Å². The molecule has 1 aliphatic rings. The third-order valence-corrected chi connectivity index (χ3v) is 6.41. The molecular formula is C22H29N3OS. The number of thioether (sulfide) groups is 1. The Morgan fingerprint density at radius 1 is 1.07 bits per heavy atom. The van der Waals surface area contributed by atoms with Crippen molar-refractivity contribution in [3.05, 3.63) is 65.7 Å². The molecule has 27 heavy (non-hydrogen) atoms. The summed E-state index contributed by atoms with van der Waals surface area (Å²) in [7, 11) is 0. The SMILES string of the molecule is CSC1(CNC(=NCc2ccc(C)cc2)Nc2ccccc2)CCOCC1. The highest BCUT2D eigenvalue weighted by atomic mass is 32.2. The minimum absolute atomic E-state index is 0.210. The molecule has 0 bridgehead atoms. The third-order valence-electron chi connectivity index (χ3n) is 4.99. The molecule has 0 saturated carbocycles. The van der Waals surface area contributed by atoms with Gasteiger partial charge < -0.3 is 15.4 Å². The normalized spacial score (nSPS) is 16.7. The number of rotatable bonds is 6. The van der Waals surface area contributed by atoms with Gasteiger partial charge >= 0.3 is 0 Å². The van der Waals surface area contributed by atoms with Gasteiger partial charge in [0.25, 0.3) is 0 Å². The highest BCUT2D eigenvalue weighted by molar-refractivity contribution is 8.00. The van der Waals surface area contributed by atoms with Gasteiger partial charge in [-0.25, -0.2) is 4.99 Å². The highest BCUT2D eigenvalue weighted by Gasteiger charge is 2.31. The number of hydrogen-bond acceptors (Lipinski definition) is 3. The van der Waals surface area contributed by atoms with Crippen molar-refractivity contribution in [1.29, 1.82) is 0 Å². The Balaban J connectivity index is 1.70. The molecule has 0 atom stereocenters. The number of benzene rings is 2. The van der Waals surface area contributed by atoms with E-state index >= 15 is 0 Å². The van der Waals surface area contributed by atoms with Gasteiger partial charge in [0, 0.05) is 30.2 Å². The number of aryl methyl sites for hydroxylation is 1. The molecule has 1 heterocycles. The lowest BCUT2D eigenvalue weighted by Gasteiger charge is -2.36. The van der Waals surface area contributed by atoms with E-state index in [0.717, 1.165) is 44.2 Å². The molecule has 1 fully saturated rings. The third kappa shape index (κ3) is 6.01. The summed E-state index contributed by atoms with van der Waals surface area (Å²) < 4.78 is 5.77. The van der Waals surface area contributed by atoms with Gasteiger partial charge in [-0.2, -0.15) is 11.8 Å². The Labute approximate surface area is 166 Å². The summed E-state index contributed by atoms with van der Waals surface area (Å²) in [5, 5.41) is 7.01. The largest absolute Gasteiger partial charge is 0.381 e. The van der Waals surface area contributed by atoms with Crippen LogP contribution in [-0.4, -0.2) is 36.7 Å². The van der Waals surface area contributed by atoms with E-state index in [2.05, 4.69) is 60.2 Å². The van der Waals surface area contributed by atoms with Gasteiger partial charge in [-0.05, 0) is 43.7 Å². The second-order valence-corrected chi connectivity index (χ2v) is 8.27. The zero-order chi connectivity index (χ0) is 19.0. The van der Waals surface area contributed by atoms with Gasteiger partial charge in [-0.1, -0.05) is 48.0 Å². The molecule has 0 aliphatic carbocycles. The summed E-state index contributed by atoms with van der Waals surface area (Å²) >= 11 is 1.93. The second-order valence-electron chi connectivity index (χ2n) is 6.99. The van der Waals surface area contributed by atoms with Crippen LogP contribution in [0.15, 0.2) is 59.6 Å². The first-order valence-electron chi connectivity index (χ1n) is 9.48. The fraction of sp³-hybridized carbons (Fsp3) is 0.409. The van der Waals surface area contributed by atoms with Crippen molar-refractivity contribution in [2.45, 2.75) is 31.1 Å². The van der Waals surface area contributed by atoms with Crippen LogP contribution in [0, 0.1) is 6.92 Å². The minimum atomic E-state index is 0.210. The van der Waals surface area contributed by atoms with Gasteiger partial charge in [-0.15, -0.1) is 0 Å². The molecule has 1 aliphatic heterocycles. The topological polar surface area (TPSA) is 45.7 Å². The fourth-order valence-electron chi connectivity index (χ4n) is 3.10. The lowest BCUT2D eigenvalue weighted by Crippen LogP contribution is -2.46. The first-order valence-corrected chi connectivity index (χ1v) is 10.7. The quantitative estimate of drug-likeness (QED) is 0.571. The summed E-state index contributed by atoms with van der Waals surface area (Å²) in [6.45, 7) is 5.31. The predicted octanol–water partition coefficient (Wildman–Crippen LogP) is 4.46. The van der Waals surface area contributed by atoms with Gasteiger partial charge in [0.1, 0.15) is 0 Å². The number of aliphatic imine (C=N–C) groups is 1. The van der Waals surface area contributed by atoms with E-state index in [1.54, 1.807) is 0 Å². The van der Waals surface area contributed by atoms with E-state index in [9.17, 15) is 0 Å². The van der Waals surface area contributed by atoms with Gasteiger partial charge in [0.2, 0.25) is 0 Å². The van der Waals surface area contributed by atoms with E-state index in [0.29, 0.717) is 6.54 Å². The first kappa shape index (κ1) is 19.8. The number of guanidine groups is 1. The van der Waals surface area contributed by atoms with Gasteiger partial charge in [-0.3, -0.25) is 0 Å². The second kappa shape index (κ2) is 9.81. The van der Waals surface area contributed by atoms with Crippen molar-refractivity contribution >= 4 is 23.4 Å². The predicted molar refractivity (Wildman–Crippen MR) is 117 cm³/mol. The maximum Gasteiger partial charge on any atom is 0.196 e. The van der Waals surface area contributed by atoms with Crippen LogP contribution in [0.3, 0.4) is 0 Å². The minimum Gasteiger partial charge on any atom is -0.381 e. The number of nitrogens with zero attached hydrogens (tertiary/aromatic N) is 1. The standard InChI is InChI=1S/C22H29N3OS/c1-18-8-10-19(11-9-18)16-23-21(25-20-6-4-3-5-7-20)24-17-22(27-2)12-14-26-15-13-22/h3-11H,12-17H2,1-2H3,(H2,23,24,25). The fourth-order valence-corrected chi connectivity index (χ4v) is 3.89. The molecule has 1 saturated heterocycles. The lowest BCUT2D eigenvalue weighted by atomic mass is 9.99. The Bertz CT molecular complexity index is 725. The van der Waals surface area contributed by atoms with Crippen molar-refractivity contribution in [2.75, 3.05) is 31.3 Å². The summed E-state index contributed by atoms with van der Waals surface area (Å²) in [6, 6.07) is 18.7. The van der Waals surface area contributed by atoms with Crippen LogP contribution in [0.5, 0.6) is 0 Å².